The number of hydrogen-bond acceptors (Lipinski definition) is 4. The molecule has 1 aliphatic rings. The van der Waals surface area contributed by atoms with E-state index in [9.17, 15) is 4.79 Å². The molecule has 92 valence electrons. The van der Waals surface area contributed by atoms with Crippen molar-refractivity contribution in [1.29, 1.82) is 0 Å². The first-order valence-corrected chi connectivity index (χ1v) is 5.72. The Kier molecular flexibility index (Phi) is 3.58. The minimum absolute atomic E-state index is 0.00108. The number of amides is 1. The van der Waals surface area contributed by atoms with Crippen molar-refractivity contribution in [1.82, 2.24) is 10.3 Å². The maximum Gasteiger partial charge on any atom is 0.227 e. The molecule has 0 spiro atoms. The van der Waals surface area contributed by atoms with Crippen LogP contribution in [-0.2, 0) is 4.79 Å². The topological polar surface area (TPSA) is 63.2 Å². The third kappa shape index (κ3) is 2.55. The number of ether oxygens (including phenoxy) is 1. The first-order chi connectivity index (χ1) is 8.22. The fourth-order valence-corrected chi connectivity index (χ4v) is 1.78. The summed E-state index contributed by atoms with van der Waals surface area (Å²) in [6, 6.07) is 1.73. The van der Waals surface area contributed by atoms with Gasteiger partial charge in [0.1, 0.15) is 11.4 Å². The fourth-order valence-electron chi connectivity index (χ4n) is 1.78. The van der Waals surface area contributed by atoms with Gasteiger partial charge in [0.05, 0.1) is 13.3 Å². The van der Waals surface area contributed by atoms with Crippen LogP contribution in [-0.4, -0.2) is 31.1 Å². The van der Waals surface area contributed by atoms with Gasteiger partial charge >= 0.3 is 0 Å². The molecule has 1 amide bonds. The molecule has 0 bridgehead atoms. The molecule has 1 saturated heterocycles. The zero-order valence-electron chi connectivity index (χ0n) is 10.1. The second-order valence-electron chi connectivity index (χ2n) is 4.27. The van der Waals surface area contributed by atoms with E-state index in [2.05, 4.69) is 15.6 Å². The number of nitrogens with one attached hydrogen (secondary N) is 2. The van der Waals surface area contributed by atoms with Gasteiger partial charge in [-0.05, 0) is 19.0 Å². The van der Waals surface area contributed by atoms with Crippen molar-refractivity contribution in [3.63, 3.8) is 0 Å². The zero-order valence-corrected chi connectivity index (χ0v) is 10.1. The van der Waals surface area contributed by atoms with Gasteiger partial charge in [0.2, 0.25) is 5.91 Å². The largest absolute Gasteiger partial charge is 0.494 e. The molecular formula is C12H17N3O2. The van der Waals surface area contributed by atoms with Crippen LogP contribution < -0.4 is 15.4 Å². The van der Waals surface area contributed by atoms with E-state index in [0.29, 0.717) is 17.4 Å². The van der Waals surface area contributed by atoms with E-state index < -0.39 is 0 Å². The van der Waals surface area contributed by atoms with E-state index in [1.165, 1.54) is 0 Å². The summed E-state index contributed by atoms with van der Waals surface area (Å²) >= 11 is 0. The molecule has 1 aromatic heterocycles. The highest BCUT2D eigenvalue weighted by atomic mass is 16.5. The molecule has 1 aromatic rings. The summed E-state index contributed by atoms with van der Waals surface area (Å²) in [5.41, 5.74) is 0.624. The molecule has 17 heavy (non-hydrogen) atoms. The average molecular weight is 235 g/mol. The molecule has 1 fully saturated rings. The van der Waals surface area contributed by atoms with Crippen LogP contribution in [0, 0.1) is 11.8 Å². The van der Waals surface area contributed by atoms with Gasteiger partial charge in [0, 0.05) is 18.2 Å². The number of methoxy groups -OCH3 is 1. The third-order valence-corrected chi connectivity index (χ3v) is 3.19. The van der Waals surface area contributed by atoms with Gasteiger partial charge in [0.15, 0.2) is 0 Å². The second kappa shape index (κ2) is 5.14. The van der Waals surface area contributed by atoms with Crippen LogP contribution in [0.5, 0.6) is 5.75 Å². The van der Waals surface area contributed by atoms with Crippen molar-refractivity contribution >= 4 is 11.6 Å². The van der Waals surface area contributed by atoms with Crippen molar-refractivity contribution in [3.05, 3.63) is 18.5 Å². The van der Waals surface area contributed by atoms with Crippen LogP contribution >= 0.6 is 0 Å². The average Bonchev–Trinajstić information content (AvgIpc) is 2.27. The van der Waals surface area contributed by atoms with E-state index in [0.717, 1.165) is 13.1 Å². The van der Waals surface area contributed by atoms with Crippen LogP contribution in [0.2, 0.25) is 0 Å². The van der Waals surface area contributed by atoms with Crippen molar-refractivity contribution < 1.29 is 9.53 Å². The first kappa shape index (κ1) is 11.9. The zero-order chi connectivity index (χ0) is 12.3. The number of anilines is 1. The molecule has 0 aliphatic carbocycles. The quantitative estimate of drug-likeness (QED) is 0.813. The minimum Gasteiger partial charge on any atom is -0.494 e. The van der Waals surface area contributed by atoms with Crippen molar-refractivity contribution in [2.45, 2.75) is 6.92 Å². The van der Waals surface area contributed by atoms with Gasteiger partial charge in [-0.2, -0.15) is 0 Å². The molecule has 1 unspecified atom stereocenters. The number of pyridine rings is 1. The summed E-state index contributed by atoms with van der Waals surface area (Å²) in [6.07, 6.45) is 3.23. The van der Waals surface area contributed by atoms with E-state index in [1.54, 1.807) is 25.6 Å². The Morgan fingerprint density at radius 1 is 1.65 bits per heavy atom. The molecule has 2 N–H and O–H groups in total. The summed E-state index contributed by atoms with van der Waals surface area (Å²) in [5, 5.41) is 6.02. The van der Waals surface area contributed by atoms with Crippen LogP contribution in [0.15, 0.2) is 18.5 Å². The Labute approximate surface area is 101 Å². The van der Waals surface area contributed by atoms with Gasteiger partial charge in [-0.25, -0.2) is 0 Å². The molecule has 1 aliphatic heterocycles. The highest BCUT2D eigenvalue weighted by Gasteiger charge is 2.29. The number of carbonyl (C=O) groups excluding carboxylic acids is 1. The second-order valence-corrected chi connectivity index (χ2v) is 4.27. The van der Waals surface area contributed by atoms with Crippen molar-refractivity contribution in [2.75, 3.05) is 25.5 Å². The number of aromatic nitrogens is 1. The predicted octanol–water partition coefficient (Wildman–Crippen LogP) is 0.884. The van der Waals surface area contributed by atoms with Crippen LogP contribution in [0.1, 0.15) is 6.92 Å². The Bertz CT molecular complexity index is 404. The van der Waals surface area contributed by atoms with Gasteiger partial charge in [0.25, 0.3) is 0 Å². The summed E-state index contributed by atoms with van der Waals surface area (Å²) < 4.78 is 5.16. The van der Waals surface area contributed by atoms with Crippen molar-refractivity contribution in [2.24, 2.45) is 11.8 Å². The van der Waals surface area contributed by atoms with Crippen molar-refractivity contribution in [3.8, 4) is 5.75 Å². The molecule has 5 heteroatoms. The lowest BCUT2D eigenvalue weighted by atomic mass is 9.88. The molecule has 5 nitrogen and oxygen atoms in total. The highest BCUT2D eigenvalue weighted by Crippen LogP contribution is 2.24. The minimum atomic E-state index is 0.00108. The lowest BCUT2D eigenvalue weighted by molar-refractivity contribution is -0.121. The summed E-state index contributed by atoms with van der Waals surface area (Å²) in [4.78, 5) is 16.0. The van der Waals surface area contributed by atoms with Crippen LogP contribution in [0.3, 0.4) is 0 Å². The maximum atomic E-state index is 12.0. The Hall–Kier alpha value is -1.62. The Morgan fingerprint density at radius 3 is 3.00 bits per heavy atom. The molecule has 2 heterocycles. The van der Waals surface area contributed by atoms with Gasteiger partial charge < -0.3 is 15.4 Å². The first-order valence-electron chi connectivity index (χ1n) is 5.72. The molecule has 0 saturated carbocycles. The third-order valence-electron chi connectivity index (χ3n) is 3.19. The van der Waals surface area contributed by atoms with Gasteiger partial charge in [-0.3, -0.25) is 9.78 Å². The van der Waals surface area contributed by atoms with Gasteiger partial charge in [-0.15, -0.1) is 0 Å². The van der Waals surface area contributed by atoms with E-state index in [4.69, 9.17) is 4.74 Å². The number of nitrogens with zero attached hydrogens (tertiary/aromatic N) is 1. The SMILES string of the molecule is COc1ccncc1NC(=O)C(C)C1CNC1. The smallest absolute Gasteiger partial charge is 0.227 e. The monoisotopic (exact) mass is 235 g/mol. The Morgan fingerprint density at radius 2 is 2.41 bits per heavy atom. The standard InChI is InChI=1S/C12H17N3O2/c1-8(9-5-14-6-9)12(16)15-10-7-13-4-3-11(10)17-2/h3-4,7-9,14H,5-6H2,1-2H3,(H,15,16). The highest BCUT2D eigenvalue weighted by molar-refractivity contribution is 5.93. The molecule has 0 aromatic carbocycles. The Balaban J connectivity index is 2.01. The molecular weight excluding hydrogens is 218 g/mol. The lowest BCUT2D eigenvalue weighted by Crippen LogP contribution is -2.48. The number of rotatable bonds is 4. The van der Waals surface area contributed by atoms with E-state index >= 15 is 0 Å². The van der Waals surface area contributed by atoms with Crippen LogP contribution in [0.4, 0.5) is 5.69 Å². The normalized spacial score (nSPS) is 17.1. The number of hydrogen-bond donors (Lipinski definition) is 2. The fraction of sp³-hybridized carbons (Fsp3) is 0.500. The molecule has 2 rings (SSSR count). The summed E-state index contributed by atoms with van der Waals surface area (Å²) in [7, 11) is 1.57. The van der Waals surface area contributed by atoms with Crippen LogP contribution in [0.25, 0.3) is 0 Å². The van der Waals surface area contributed by atoms with Gasteiger partial charge in [-0.1, -0.05) is 6.92 Å². The molecule has 1 atom stereocenters. The maximum absolute atomic E-state index is 12.0. The summed E-state index contributed by atoms with van der Waals surface area (Å²) in [6.45, 7) is 3.78. The molecule has 0 radical (unpaired) electrons. The van der Waals surface area contributed by atoms with E-state index in [1.807, 2.05) is 6.92 Å². The van der Waals surface area contributed by atoms with E-state index in [-0.39, 0.29) is 11.8 Å². The lowest BCUT2D eigenvalue weighted by Gasteiger charge is -2.31. The predicted molar refractivity (Wildman–Crippen MR) is 64.9 cm³/mol. The summed E-state index contributed by atoms with van der Waals surface area (Å²) in [5.74, 6) is 1.08. The number of carbonyl (C=O) groups is 1.